The maximum Gasteiger partial charge on any atom is 0.122 e. The first-order valence-electron chi connectivity index (χ1n) is 5.93. The van der Waals surface area contributed by atoms with Gasteiger partial charge in [-0.3, -0.25) is 0 Å². The summed E-state index contributed by atoms with van der Waals surface area (Å²) >= 11 is 0. The highest BCUT2D eigenvalue weighted by atomic mass is 16.5. The third-order valence-electron chi connectivity index (χ3n) is 2.35. The number of hydrogen-bond acceptors (Lipinski definition) is 1. The maximum absolute atomic E-state index is 5.76. The van der Waals surface area contributed by atoms with Gasteiger partial charge in [0.15, 0.2) is 0 Å². The van der Waals surface area contributed by atoms with E-state index >= 15 is 0 Å². The van der Waals surface area contributed by atoms with Crippen LogP contribution in [0.1, 0.15) is 45.1 Å². The molecule has 0 fully saturated rings. The number of ether oxygens (including phenoxy) is 1. The van der Waals surface area contributed by atoms with Crippen LogP contribution in [0.25, 0.3) is 0 Å². The van der Waals surface area contributed by atoms with Crippen molar-refractivity contribution in [1.82, 2.24) is 0 Å². The molecule has 1 heteroatoms. The van der Waals surface area contributed by atoms with Crippen molar-refractivity contribution in [2.24, 2.45) is 0 Å². The van der Waals surface area contributed by atoms with Crippen LogP contribution in [0.5, 0.6) is 5.75 Å². The first kappa shape index (κ1) is 12.1. The molecular formula is C14H21O. The normalized spacial score (nSPS) is 10.3. The first-order chi connectivity index (χ1) is 7.38. The maximum atomic E-state index is 5.76. The van der Waals surface area contributed by atoms with Gasteiger partial charge in [0.2, 0.25) is 0 Å². The van der Waals surface area contributed by atoms with Gasteiger partial charge in [0.05, 0.1) is 6.61 Å². The summed E-state index contributed by atoms with van der Waals surface area (Å²) in [6, 6.07) is 8.24. The molecule has 0 spiro atoms. The van der Waals surface area contributed by atoms with Crippen molar-refractivity contribution in [3.8, 4) is 5.75 Å². The predicted molar refractivity (Wildman–Crippen MR) is 65.2 cm³/mol. The third-order valence-corrected chi connectivity index (χ3v) is 2.35. The van der Waals surface area contributed by atoms with E-state index in [1.165, 1.54) is 18.4 Å². The van der Waals surface area contributed by atoms with Crippen LogP contribution < -0.4 is 4.74 Å². The molecule has 15 heavy (non-hydrogen) atoms. The fourth-order valence-corrected chi connectivity index (χ4v) is 1.53. The summed E-state index contributed by atoms with van der Waals surface area (Å²) < 4.78 is 5.76. The van der Waals surface area contributed by atoms with Crippen LogP contribution in [0.4, 0.5) is 0 Å². The molecular weight excluding hydrogens is 184 g/mol. The summed E-state index contributed by atoms with van der Waals surface area (Å²) in [5, 5.41) is 0. The molecule has 0 aliphatic heterocycles. The van der Waals surface area contributed by atoms with Crippen LogP contribution in [-0.4, -0.2) is 6.61 Å². The van der Waals surface area contributed by atoms with Crippen LogP contribution in [0.3, 0.4) is 0 Å². The van der Waals surface area contributed by atoms with Gasteiger partial charge < -0.3 is 4.74 Å². The molecule has 0 bridgehead atoms. The van der Waals surface area contributed by atoms with E-state index in [9.17, 15) is 0 Å². The van der Waals surface area contributed by atoms with Crippen LogP contribution in [0.2, 0.25) is 0 Å². The molecule has 1 radical (unpaired) electrons. The summed E-state index contributed by atoms with van der Waals surface area (Å²) in [5.74, 6) is 1.02. The Morgan fingerprint density at radius 3 is 2.67 bits per heavy atom. The minimum atomic E-state index is 0.836. The molecule has 0 heterocycles. The third kappa shape index (κ3) is 4.37. The van der Waals surface area contributed by atoms with Gasteiger partial charge in [-0.2, -0.15) is 0 Å². The van der Waals surface area contributed by atoms with Crippen molar-refractivity contribution < 1.29 is 4.74 Å². The highest BCUT2D eigenvalue weighted by Gasteiger charge is 2.01. The number of hydrogen-bond donors (Lipinski definition) is 0. The largest absolute Gasteiger partial charge is 0.493 e. The van der Waals surface area contributed by atoms with Gasteiger partial charge >= 0.3 is 0 Å². The lowest BCUT2D eigenvalue weighted by Crippen LogP contribution is -1.99. The molecule has 1 aromatic rings. The second-order valence-corrected chi connectivity index (χ2v) is 3.71. The Morgan fingerprint density at radius 1 is 1.13 bits per heavy atom. The van der Waals surface area contributed by atoms with Crippen LogP contribution in [0.15, 0.2) is 24.3 Å². The van der Waals surface area contributed by atoms with Gasteiger partial charge in [0.1, 0.15) is 5.75 Å². The monoisotopic (exact) mass is 205 g/mol. The smallest absolute Gasteiger partial charge is 0.122 e. The lowest BCUT2D eigenvalue weighted by molar-refractivity contribution is 0.304. The summed E-state index contributed by atoms with van der Waals surface area (Å²) in [4.78, 5) is 0. The second-order valence-electron chi connectivity index (χ2n) is 3.71. The molecule has 1 aromatic carbocycles. The van der Waals surface area contributed by atoms with Crippen molar-refractivity contribution in [3.63, 3.8) is 0 Å². The molecule has 0 aromatic heterocycles. The topological polar surface area (TPSA) is 9.23 Å². The zero-order valence-corrected chi connectivity index (χ0v) is 9.83. The van der Waals surface area contributed by atoms with E-state index in [-0.39, 0.29) is 0 Å². The lowest BCUT2D eigenvalue weighted by Gasteiger charge is -2.10. The molecule has 83 valence electrons. The average molecular weight is 205 g/mol. The van der Waals surface area contributed by atoms with Gasteiger partial charge in [0.25, 0.3) is 0 Å². The standard InChI is InChI=1S/C14H21O/c1-3-5-8-12-15-14-11-7-6-10-13(14)9-4-2/h6-7,9-11H,3-5,8,12H2,1-2H3. The number of rotatable bonds is 7. The SMILES string of the molecule is CC[CH]c1ccccc1OCCCCC. The van der Waals surface area contributed by atoms with E-state index in [1.807, 2.05) is 12.1 Å². The zero-order valence-electron chi connectivity index (χ0n) is 9.83. The van der Waals surface area contributed by atoms with E-state index in [0.717, 1.165) is 25.2 Å². The summed E-state index contributed by atoms with van der Waals surface area (Å²) in [6.45, 7) is 5.19. The molecule has 0 N–H and O–H groups in total. The molecule has 0 amide bonds. The fraction of sp³-hybridized carbons (Fsp3) is 0.500. The van der Waals surface area contributed by atoms with Crippen molar-refractivity contribution in [2.45, 2.75) is 39.5 Å². The minimum absolute atomic E-state index is 0.836. The Balaban J connectivity index is 2.44. The summed E-state index contributed by atoms with van der Waals surface area (Å²) in [7, 11) is 0. The average Bonchev–Trinajstić information content (AvgIpc) is 2.27. The van der Waals surface area contributed by atoms with E-state index in [4.69, 9.17) is 4.74 Å². The lowest BCUT2D eigenvalue weighted by atomic mass is 10.1. The highest BCUT2D eigenvalue weighted by Crippen LogP contribution is 2.20. The van der Waals surface area contributed by atoms with Gasteiger partial charge in [0, 0.05) is 0 Å². The summed E-state index contributed by atoms with van der Waals surface area (Å²) in [6.07, 6.45) is 6.90. The van der Waals surface area contributed by atoms with Gasteiger partial charge in [-0.15, -0.1) is 0 Å². The van der Waals surface area contributed by atoms with E-state index < -0.39 is 0 Å². The molecule has 0 unspecified atom stereocenters. The van der Waals surface area contributed by atoms with Crippen LogP contribution >= 0.6 is 0 Å². The minimum Gasteiger partial charge on any atom is -0.493 e. The summed E-state index contributed by atoms with van der Waals surface area (Å²) in [5.41, 5.74) is 1.22. The van der Waals surface area contributed by atoms with E-state index in [2.05, 4.69) is 32.4 Å². The molecule has 0 atom stereocenters. The first-order valence-corrected chi connectivity index (χ1v) is 5.93. The Hall–Kier alpha value is -0.980. The number of unbranched alkanes of at least 4 members (excludes halogenated alkanes) is 2. The van der Waals surface area contributed by atoms with Gasteiger partial charge in [-0.1, -0.05) is 44.9 Å². The Kier molecular flexibility index (Phi) is 5.91. The molecule has 1 rings (SSSR count). The molecule has 0 saturated carbocycles. The van der Waals surface area contributed by atoms with Crippen molar-refractivity contribution >= 4 is 0 Å². The zero-order chi connectivity index (χ0) is 10.9. The Labute approximate surface area is 93.5 Å². The van der Waals surface area contributed by atoms with Crippen LogP contribution in [0, 0.1) is 6.42 Å². The molecule has 1 nitrogen and oxygen atoms in total. The fourth-order valence-electron chi connectivity index (χ4n) is 1.53. The van der Waals surface area contributed by atoms with Crippen molar-refractivity contribution in [1.29, 1.82) is 0 Å². The van der Waals surface area contributed by atoms with Gasteiger partial charge in [-0.25, -0.2) is 0 Å². The Bertz CT molecular complexity index is 268. The van der Waals surface area contributed by atoms with Gasteiger partial charge in [-0.05, 0) is 30.9 Å². The second kappa shape index (κ2) is 7.33. The Morgan fingerprint density at radius 2 is 1.93 bits per heavy atom. The number of benzene rings is 1. The van der Waals surface area contributed by atoms with E-state index in [0.29, 0.717) is 0 Å². The van der Waals surface area contributed by atoms with Crippen molar-refractivity contribution in [2.75, 3.05) is 6.61 Å². The van der Waals surface area contributed by atoms with Crippen molar-refractivity contribution in [3.05, 3.63) is 36.2 Å². The number of para-hydroxylation sites is 1. The molecule has 0 saturated heterocycles. The molecule has 0 aliphatic carbocycles. The quantitative estimate of drug-likeness (QED) is 0.606. The highest BCUT2D eigenvalue weighted by molar-refractivity contribution is 5.38. The molecule has 0 aliphatic rings. The van der Waals surface area contributed by atoms with E-state index in [1.54, 1.807) is 0 Å². The predicted octanol–water partition coefficient (Wildman–Crippen LogP) is 4.22. The van der Waals surface area contributed by atoms with Crippen LogP contribution in [-0.2, 0) is 0 Å².